The summed E-state index contributed by atoms with van der Waals surface area (Å²) in [6.07, 6.45) is 1.20. The van der Waals surface area contributed by atoms with E-state index in [2.05, 4.69) is 4.98 Å². The van der Waals surface area contributed by atoms with Gasteiger partial charge in [-0.2, -0.15) is 0 Å². The van der Waals surface area contributed by atoms with Crippen LogP contribution in [0.1, 0.15) is 0 Å². The first-order chi connectivity index (χ1) is 5.79. The zero-order valence-electron chi connectivity index (χ0n) is 6.75. The molecule has 5 nitrogen and oxygen atoms in total. The number of rotatable bonds is 1. The maximum Gasteiger partial charge on any atom is 2.00 e. The van der Waals surface area contributed by atoms with Crippen LogP contribution >= 0.6 is 0 Å². The Labute approximate surface area is 94.0 Å². The molecule has 0 unspecified atom stereocenters. The normalized spacial score (nSPS) is 9.54. The Bertz CT molecular complexity index is 440. The minimum atomic E-state index is -0.505. The number of hydrogen-bond donors (Lipinski definition) is 0. The van der Waals surface area contributed by atoms with Crippen molar-refractivity contribution in [3.63, 3.8) is 0 Å². The van der Waals surface area contributed by atoms with Crippen LogP contribution in [0.3, 0.4) is 0 Å². The van der Waals surface area contributed by atoms with Gasteiger partial charge in [-0.15, -0.1) is 0 Å². The van der Waals surface area contributed by atoms with E-state index >= 15 is 0 Å². The third kappa shape index (κ3) is 1.69. The number of nitrogens with zero attached hydrogens (tertiary/aromatic N) is 3. The number of imidazole rings is 1. The van der Waals surface area contributed by atoms with Crippen LogP contribution in [0.5, 0.6) is 0 Å². The first kappa shape index (κ1) is 10.1. The van der Waals surface area contributed by atoms with E-state index in [0.29, 0.717) is 11.0 Å². The summed E-state index contributed by atoms with van der Waals surface area (Å²) >= 11 is 0. The van der Waals surface area contributed by atoms with Crippen LogP contribution in [0.25, 0.3) is 11.0 Å². The molecule has 60 valence electrons. The van der Waals surface area contributed by atoms with Gasteiger partial charge in [0.05, 0.1) is 5.52 Å². The topological polar surface area (TPSA) is 61.0 Å². The molecular weight excluding hydrogens is 359 g/mol. The SMILES string of the molecule is O=[N+]([O-])n1cnc2ccccc21.[Hg+2]. The fourth-order valence-electron chi connectivity index (χ4n) is 1.08. The van der Waals surface area contributed by atoms with Gasteiger partial charge in [-0.25, -0.2) is 15.1 Å². The van der Waals surface area contributed by atoms with Crippen LogP contribution in [-0.2, 0) is 27.7 Å². The first-order valence-electron chi connectivity index (χ1n) is 3.36. The van der Waals surface area contributed by atoms with Gasteiger partial charge in [-0.3, -0.25) is 0 Å². The predicted molar refractivity (Wildman–Crippen MR) is 42.1 cm³/mol. The van der Waals surface area contributed by atoms with E-state index in [1.54, 1.807) is 24.3 Å². The molecule has 6 heteroatoms. The second-order valence-corrected chi connectivity index (χ2v) is 2.32. The van der Waals surface area contributed by atoms with E-state index in [1.165, 1.54) is 6.33 Å². The molecule has 1 aromatic heterocycles. The van der Waals surface area contributed by atoms with Crippen molar-refractivity contribution in [2.45, 2.75) is 0 Å². The Morgan fingerprint density at radius 2 is 2.08 bits per heavy atom. The summed E-state index contributed by atoms with van der Waals surface area (Å²) in [5.41, 5.74) is 1.15. The molecule has 0 aliphatic carbocycles. The molecular formula is C7H5HgN3O2+2. The molecule has 13 heavy (non-hydrogen) atoms. The van der Waals surface area contributed by atoms with Gasteiger partial charge in [0.2, 0.25) is 0 Å². The van der Waals surface area contributed by atoms with E-state index in [0.717, 1.165) is 4.68 Å². The number of para-hydroxylation sites is 2. The Hall–Kier alpha value is -0.975. The van der Waals surface area contributed by atoms with Crippen molar-refractivity contribution in [3.8, 4) is 0 Å². The molecule has 0 saturated heterocycles. The second-order valence-electron chi connectivity index (χ2n) is 2.32. The Morgan fingerprint density at radius 3 is 2.77 bits per heavy atom. The summed E-state index contributed by atoms with van der Waals surface area (Å²) in [4.78, 5) is 14.3. The van der Waals surface area contributed by atoms with Crippen molar-refractivity contribution in [1.29, 1.82) is 0 Å². The van der Waals surface area contributed by atoms with Gasteiger partial charge in [0.15, 0.2) is 11.4 Å². The summed E-state index contributed by atoms with van der Waals surface area (Å²) in [7, 11) is 0. The molecule has 0 atom stereocenters. The Kier molecular flexibility index (Phi) is 2.97. The molecule has 0 aliphatic rings. The van der Waals surface area contributed by atoms with Crippen molar-refractivity contribution in [2.24, 2.45) is 0 Å². The van der Waals surface area contributed by atoms with Gasteiger partial charge in [-0.1, -0.05) is 16.8 Å². The molecule has 2 rings (SSSR count). The molecule has 1 heterocycles. The molecule has 0 fully saturated rings. The first-order valence-corrected chi connectivity index (χ1v) is 3.36. The molecule has 0 radical (unpaired) electrons. The third-order valence-electron chi connectivity index (χ3n) is 1.61. The van der Waals surface area contributed by atoms with Crippen LogP contribution in [-0.4, -0.2) is 14.7 Å². The van der Waals surface area contributed by atoms with Gasteiger partial charge in [0, 0.05) is 0 Å². The molecule has 1 aromatic carbocycles. The molecule has 0 saturated carbocycles. The largest absolute Gasteiger partial charge is 2.00 e. The van der Waals surface area contributed by atoms with Crippen LogP contribution in [0.15, 0.2) is 30.6 Å². The Balaban J connectivity index is 0.000000845. The molecule has 0 spiro atoms. The number of nitro groups is 1. The number of fused-ring (bicyclic) bond motifs is 1. The standard InChI is InChI=1S/C7H5N3O2.Hg/c11-10(12)9-5-8-6-3-1-2-4-7(6)9;/h1-5H;/q;+2. The van der Waals surface area contributed by atoms with E-state index in [-0.39, 0.29) is 27.7 Å². The van der Waals surface area contributed by atoms with Crippen molar-refractivity contribution >= 4 is 11.0 Å². The summed E-state index contributed by atoms with van der Waals surface area (Å²) < 4.78 is 0.898. The zero-order chi connectivity index (χ0) is 8.55. The smallest absolute Gasteiger partial charge is 0.234 e. The van der Waals surface area contributed by atoms with Crippen molar-refractivity contribution in [1.82, 2.24) is 9.66 Å². The van der Waals surface area contributed by atoms with Crippen LogP contribution < -0.4 is 0 Å². The van der Waals surface area contributed by atoms with E-state index < -0.39 is 5.03 Å². The second kappa shape index (κ2) is 3.82. The van der Waals surface area contributed by atoms with Crippen LogP contribution in [0.2, 0.25) is 0 Å². The molecule has 0 amide bonds. The molecule has 0 aliphatic heterocycles. The van der Waals surface area contributed by atoms with Crippen LogP contribution in [0, 0.1) is 10.1 Å². The van der Waals surface area contributed by atoms with Crippen molar-refractivity contribution in [3.05, 3.63) is 40.7 Å². The summed E-state index contributed by atoms with van der Waals surface area (Å²) in [5, 5.41) is 9.90. The van der Waals surface area contributed by atoms with Gasteiger partial charge >= 0.3 is 27.7 Å². The van der Waals surface area contributed by atoms with Gasteiger partial charge in [0.25, 0.3) is 0 Å². The number of aromatic nitrogens is 2. The molecule has 0 bridgehead atoms. The number of benzene rings is 1. The fraction of sp³-hybridized carbons (Fsp3) is 0. The van der Waals surface area contributed by atoms with Gasteiger partial charge in [-0.05, 0) is 12.1 Å². The maximum absolute atomic E-state index is 10.4. The molecule has 0 N–H and O–H groups in total. The number of hydrogen-bond acceptors (Lipinski definition) is 3. The van der Waals surface area contributed by atoms with E-state index in [1.807, 2.05) is 0 Å². The Morgan fingerprint density at radius 1 is 1.38 bits per heavy atom. The van der Waals surface area contributed by atoms with Crippen molar-refractivity contribution in [2.75, 3.05) is 0 Å². The summed E-state index contributed by atoms with van der Waals surface area (Å²) in [6.45, 7) is 0. The summed E-state index contributed by atoms with van der Waals surface area (Å²) in [6, 6.07) is 6.92. The zero-order valence-corrected chi connectivity index (χ0v) is 12.2. The maximum atomic E-state index is 10.4. The van der Waals surface area contributed by atoms with E-state index in [9.17, 15) is 10.1 Å². The summed E-state index contributed by atoms with van der Waals surface area (Å²) in [5.74, 6) is 0. The average Bonchev–Trinajstić information content (AvgIpc) is 2.47. The minimum absolute atomic E-state index is 0. The van der Waals surface area contributed by atoms with Gasteiger partial charge in [0.1, 0.15) is 5.52 Å². The van der Waals surface area contributed by atoms with Crippen molar-refractivity contribution < 1.29 is 32.7 Å². The monoisotopic (exact) mass is 365 g/mol. The minimum Gasteiger partial charge on any atom is -0.234 e. The fourth-order valence-corrected chi connectivity index (χ4v) is 1.08. The predicted octanol–water partition coefficient (Wildman–Crippen LogP) is 1.07. The molecule has 2 aromatic rings. The average molecular weight is 364 g/mol. The third-order valence-corrected chi connectivity index (χ3v) is 1.61. The quantitative estimate of drug-likeness (QED) is 0.433. The van der Waals surface area contributed by atoms with Gasteiger partial charge < -0.3 is 0 Å². The van der Waals surface area contributed by atoms with E-state index in [4.69, 9.17) is 0 Å². The van der Waals surface area contributed by atoms with Crippen LogP contribution in [0.4, 0.5) is 0 Å².